The van der Waals surface area contributed by atoms with Crippen molar-refractivity contribution in [3.8, 4) is 0 Å². The monoisotopic (exact) mass is 373 g/mol. The smallest absolute Gasteiger partial charge is 0.250 e. The molecule has 0 aliphatic rings. The highest BCUT2D eigenvalue weighted by Gasteiger charge is 2.07. The van der Waals surface area contributed by atoms with Crippen LogP contribution in [-0.2, 0) is 11.2 Å². The van der Waals surface area contributed by atoms with Crippen LogP contribution in [0.2, 0.25) is 0 Å². The van der Waals surface area contributed by atoms with Crippen LogP contribution in [-0.4, -0.2) is 26.1 Å². The highest BCUT2D eigenvalue weighted by atomic mass is 32.1. The molecular weight excluding hydrogens is 358 g/mol. The average Bonchev–Trinajstić information content (AvgIpc) is 3.13. The number of hydrogen-bond acceptors (Lipinski definition) is 6. The van der Waals surface area contributed by atoms with E-state index in [0.29, 0.717) is 17.2 Å². The van der Waals surface area contributed by atoms with E-state index in [1.54, 1.807) is 12.3 Å². The number of amides is 1. The maximum atomic E-state index is 12.1. The Labute approximate surface area is 159 Å². The second kappa shape index (κ2) is 7.84. The summed E-state index contributed by atoms with van der Waals surface area (Å²) in [5.41, 5.74) is 3.38. The first kappa shape index (κ1) is 17.0. The third-order valence-electron chi connectivity index (χ3n) is 3.77. The van der Waals surface area contributed by atoms with Crippen molar-refractivity contribution >= 4 is 39.5 Å². The lowest BCUT2D eigenvalue weighted by atomic mass is 10.2. The summed E-state index contributed by atoms with van der Waals surface area (Å²) in [6.45, 7) is 0. The van der Waals surface area contributed by atoms with Crippen molar-refractivity contribution in [1.29, 1.82) is 0 Å². The normalized spacial score (nSPS) is 11.1. The molecule has 0 spiro atoms. The third kappa shape index (κ3) is 4.39. The van der Waals surface area contributed by atoms with Gasteiger partial charge in [0.2, 0.25) is 11.0 Å². The number of hydrogen-bond donors (Lipinski definition) is 1. The van der Waals surface area contributed by atoms with Gasteiger partial charge >= 0.3 is 0 Å². The Kier molecular flexibility index (Phi) is 4.93. The molecule has 0 saturated carbocycles. The molecule has 0 atom stereocenters. The minimum Gasteiger partial charge on any atom is -0.297 e. The van der Waals surface area contributed by atoms with E-state index >= 15 is 0 Å². The van der Waals surface area contributed by atoms with Gasteiger partial charge < -0.3 is 0 Å². The Morgan fingerprint density at radius 1 is 1.00 bits per heavy atom. The highest BCUT2D eigenvalue weighted by molar-refractivity contribution is 7.15. The zero-order valence-electron chi connectivity index (χ0n) is 14.2. The molecular formula is C20H15N5OS. The van der Waals surface area contributed by atoms with E-state index in [1.165, 1.54) is 17.4 Å². The standard InChI is InChI=1S/C20H15N5OS/c26-18(11-10-15-13-21-16-8-4-5-9-17(16)22-15)23-20-25-24-19(27-20)12-14-6-2-1-3-7-14/h1-11,13H,12H2,(H,23,25,26). The van der Waals surface area contributed by atoms with E-state index < -0.39 is 0 Å². The molecule has 4 rings (SSSR count). The fourth-order valence-corrected chi connectivity index (χ4v) is 3.28. The molecule has 0 fully saturated rings. The maximum absolute atomic E-state index is 12.1. The molecule has 2 heterocycles. The van der Waals surface area contributed by atoms with Crippen molar-refractivity contribution in [3.63, 3.8) is 0 Å². The molecule has 0 aliphatic carbocycles. The van der Waals surface area contributed by atoms with Crippen LogP contribution in [0.5, 0.6) is 0 Å². The summed E-state index contributed by atoms with van der Waals surface area (Å²) in [5, 5.41) is 12.2. The van der Waals surface area contributed by atoms with Crippen LogP contribution in [0.3, 0.4) is 0 Å². The summed E-state index contributed by atoms with van der Waals surface area (Å²) >= 11 is 1.36. The van der Waals surface area contributed by atoms with Crippen LogP contribution in [0.4, 0.5) is 5.13 Å². The predicted octanol–water partition coefficient (Wildman–Crippen LogP) is 3.72. The molecule has 27 heavy (non-hydrogen) atoms. The topological polar surface area (TPSA) is 80.7 Å². The van der Waals surface area contributed by atoms with Gasteiger partial charge in [0.15, 0.2) is 0 Å². The first-order valence-corrected chi connectivity index (χ1v) is 9.15. The number of carbonyl (C=O) groups is 1. The summed E-state index contributed by atoms with van der Waals surface area (Å²) in [7, 11) is 0. The lowest BCUT2D eigenvalue weighted by Gasteiger charge is -1.98. The van der Waals surface area contributed by atoms with E-state index in [2.05, 4.69) is 25.5 Å². The van der Waals surface area contributed by atoms with E-state index in [9.17, 15) is 4.79 Å². The van der Waals surface area contributed by atoms with Crippen LogP contribution >= 0.6 is 11.3 Å². The summed E-state index contributed by atoms with van der Waals surface area (Å²) in [4.78, 5) is 20.9. The van der Waals surface area contributed by atoms with Crippen LogP contribution in [0.15, 0.2) is 66.9 Å². The van der Waals surface area contributed by atoms with Gasteiger partial charge in [-0.3, -0.25) is 15.1 Å². The summed E-state index contributed by atoms with van der Waals surface area (Å²) in [6.07, 6.45) is 5.36. The van der Waals surface area contributed by atoms with Crippen molar-refractivity contribution in [2.24, 2.45) is 0 Å². The average molecular weight is 373 g/mol. The zero-order valence-corrected chi connectivity index (χ0v) is 15.1. The molecule has 4 aromatic rings. The fourth-order valence-electron chi connectivity index (χ4n) is 2.51. The Bertz CT molecular complexity index is 1110. The first-order valence-electron chi connectivity index (χ1n) is 8.33. The predicted molar refractivity (Wildman–Crippen MR) is 106 cm³/mol. The Morgan fingerprint density at radius 2 is 1.78 bits per heavy atom. The van der Waals surface area contributed by atoms with Gasteiger partial charge in [0.25, 0.3) is 0 Å². The molecule has 1 amide bonds. The molecule has 2 aromatic carbocycles. The molecule has 0 saturated heterocycles. The largest absolute Gasteiger partial charge is 0.297 e. The quantitative estimate of drug-likeness (QED) is 0.539. The zero-order chi connectivity index (χ0) is 18.5. The molecule has 0 radical (unpaired) electrons. The van der Waals surface area contributed by atoms with Crippen LogP contribution in [0.25, 0.3) is 17.1 Å². The van der Waals surface area contributed by atoms with Gasteiger partial charge in [0.05, 0.1) is 22.9 Å². The van der Waals surface area contributed by atoms with Crippen LogP contribution in [0.1, 0.15) is 16.3 Å². The molecule has 6 nitrogen and oxygen atoms in total. The van der Waals surface area contributed by atoms with Gasteiger partial charge in [0, 0.05) is 12.5 Å². The molecule has 2 aromatic heterocycles. The Balaban J connectivity index is 1.39. The Hall–Kier alpha value is -3.45. The summed E-state index contributed by atoms with van der Waals surface area (Å²) in [6, 6.07) is 17.6. The van der Waals surface area contributed by atoms with Gasteiger partial charge in [0.1, 0.15) is 5.01 Å². The SMILES string of the molecule is O=C(C=Cc1cnc2ccccc2n1)Nc1nnc(Cc2ccccc2)s1. The van der Waals surface area contributed by atoms with Gasteiger partial charge in [-0.2, -0.15) is 0 Å². The number of nitrogens with one attached hydrogen (secondary N) is 1. The number of nitrogens with zero attached hydrogens (tertiary/aromatic N) is 4. The number of para-hydroxylation sites is 2. The summed E-state index contributed by atoms with van der Waals surface area (Å²) < 4.78 is 0. The summed E-state index contributed by atoms with van der Waals surface area (Å²) in [5.74, 6) is -0.285. The number of fused-ring (bicyclic) bond motifs is 1. The third-order valence-corrected chi connectivity index (χ3v) is 4.61. The molecule has 132 valence electrons. The first-order chi connectivity index (χ1) is 13.3. The minimum absolute atomic E-state index is 0.285. The van der Waals surface area contributed by atoms with Crippen molar-refractivity contribution in [1.82, 2.24) is 20.2 Å². The van der Waals surface area contributed by atoms with Gasteiger partial charge in [-0.15, -0.1) is 10.2 Å². The van der Waals surface area contributed by atoms with E-state index in [0.717, 1.165) is 21.6 Å². The number of aromatic nitrogens is 4. The molecule has 0 aliphatic heterocycles. The number of benzene rings is 2. The van der Waals surface area contributed by atoms with Crippen LogP contribution in [0, 0.1) is 0 Å². The lowest BCUT2D eigenvalue weighted by molar-refractivity contribution is -0.111. The number of rotatable bonds is 5. The minimum atomic E-state index is -0.285. The van der Waals surface area contributed by atoms with Crippen molar-refractivity contribution in [3.05, 3.63) is 83.1 Å². The van der Waals surface area contributed by atoms with Crippen molar-refractivity contribution < 1.29 is 4.79 Å². The fraction of sp³-hybridized carbons (Fsp3) is 0.0500. The van der Waals surface area contributed by atoms with Crippen molar-refractivity contribution in [2.45, 2.75) is 6.42 Å². The van der Waals surface area contributed by atoms with Gasteiger partial charge in [-0.05, 0) is 23.8 Å². The van der Waals surface area contributed by atoms with Crippen molar-refractivity contribution in [2.75, 3.05) is 5.32 Å². The Morgan fingerprint density at radius 3 is 2.63 bits per heavy atom. The second-order valence-electron chi connectivity index (χ2n) is 5.77. The van der Waals surface area contributed by atoms with Gasteiger partial charge in [-0.25, -0.2) is 4.98 Å². The molecule has 1 N–H and O–H groups in total. The number of carbonyl (C=O) groups excluding carboxylic acids is 1. The molecule has 7 heteroatoms. The molecule has 0 unspecified atom stereocenters. The lowest BCUT2D eigenvalue weighted by Crippen LogP contribution is -2.07. The van der Waals surface area contributed by atoms with E-state index in [1.807, 2.05) is 54.6 Å². The van der Waals surface area contributed by atoms with E-state index in [-0.39, 0.29) is 5.91 Å². The van der Waals surface area contributed by atoms with Gasteiger partial charge in [-0.1, -0.05) is 53.8 Å². The van der Waals surface area contributed by atoms with E-state index in [4.69, 9.17) is 0 Å². The van der Waals surface area contributed by atoms with Crippen LogP contribution < -0.4 is 5.32 Å². The highest BCUT2D eigenvalue weighted by Crippen LogP contribution is 2.18. The maximum Gasteiger partial charge on any atom is 0.250 e. The number of anilines is 1. The second-order valence-corrected chi connectivity index (χ2v) is 6.83. The molecule has 0 bridgehead atoms.